The lowest BCUT2D eigenvalue weighted by Gasteiger charge is -2.40. The van der Waals surface area contributed by atoms with Crippen molar-refractivity contribution in [3.8, 4) is 0 Å². The largest absolute Gasteiger partial charge is 0.244 e. The normalized spacial score (nSPS) is 20.4. The van der Waals surface area contributed by atoms with E-state index in [4.69, 9.17) is 5.53 Å². The molecule has 6 nitrogen and oxygen atoms in total. The number of nitrogens with zero attached hydrogens (tertiary/aromatic N) is 4. The van der Waals surface area contributed by atoms with Crippen molar-refractivity contribution in [3.05, 3.63) is 34.7 Å². The van der Waals surface area contributed by atoms with Gasteiger partial charge in [0.15, 0.2) is 0 Å². The molecule has 0 amide bonds. The fourth-order valence-electron chi connectivity index (χ4n) is 4.28. The fraction of sp³-hybridized carbons (Fsp3) is 0.667. The van der Waals surface area contributed by atoms with Crippen LogP contribution in [-0.4, -0.2) is 24.8 Å². The summed E-state index contributed by atoms with van der Waals surface area (Å²) in [6.07, 6.45) is 10.4. The van der Waals surface area contributed by atoms with Gasteiger partial charge >= 0.3 is 0 Å². The molecule has 7 heteroatoms. The Hall–Kier alpha value is -1.56. The van der Waals surface area contributed by atoms with Crippen LogP contribution in [0, 0.1) is 0 Å². The number of hydrogen-bond acceptors (Lipinski definition) is 3. The van der Waals surface area contributed by atoms with Gasteiger partial charge in [-0.1, -0.05) is 61.8 Å². The molecule has 0 unspecified atom stereocenters. The van der Waals surface area contributed by atoms with Gasteiger partial charge in [-0.3, -0.25) is 0 Å². The van der Waals surface area contributed by atoms with Crippen LogP contribution in [0.25, 0.3) is 10.4 Å². The molecule has 0 atom stereocenters. The van der Waals surface area contributed by atoms with E-state index in [1.807, 2.05) is 0 Å². The van der Waals surface area contributed by atoms with Gasteiger partial charge in [-0.15, -0.1) is 0 Å². The Morgan fingerprint density at radius 3 is 1.96 bits per heavy atom. The molecule has 136 valence electrons. The lowest BCUT2D eigenvalue weighted by Crippen LogP contribution is -2.48. The zero-order chi connectivity index (χ0) is 17.7. The third kappa shape index (κ3) is 4.00. The number of sulfonamides is 1. The lowest BCUT2D eigenvalue weighted by atomic mass is 9.91. The first kappa shape index (κ1) is 18.2. The molecule has 0 aliphatic heterocycles. The molecule has 0 saturated heterocycles. The molecule has 0 heterocycles. The molecule has 1 aromatic rings. The Morgan fingerprint density at radius 2 is 1.44 bits per heavy atom. The van der Waals surface area contributed by atoms with E-state index in [2.05, 4.69) is 10.0 Å². The van der Waals surface area contributed by atoms with Crippen LogP contribution in [0.2, 0.25) is 0 Å². The van der Waals surface area contributed by atoms with Crippen molar-refractivity contribution in [2.24, 2.45) is 5.11 Å². The van der Waals surface area contributed by atoms with Crippen molar-refractivity contribution < 1.29 is 8.42 Å². The van der Waals surface area contributed by atoms with Crippen LogP contribution in [0.3, 0.4) is 0 Å². The highest BCUT2D eigenvalue weighted by molar-refractivity contribution is 7.89. The summed E-state index contributed by atoms with van der Waals surface area (Å²) in [5, 5.41) is 3.62. The monoisotopic (exact) mass is 362 g/mol. The van der Waals surface area contributed by atoms with E-state index in [-0.39, 0.29) is 22.7 Å². The molecule has 2 aliphatic carbocycles. The second-order valence-electron chi connectivity index (χ2n) is 7.08. The Kier molecular flexibility index (Phi) is 5.99. The summed E-state index contributed by atoms with van der Waals surface area (Å²) in [5.41, 5.74) is 8.99. The van der Waals surface area contributed by atoms with Crippen molar-refractivity contribution in [1.82, 2.24) is 4.31 Å². The fourth-order valence-corrected chi connectivity index (χ4v) is 6.34. The average molecular weight is 362 g/mol. The van der Waals surface area contributed by atoms with Crippen molar-refractivity contribution in [1.29, 1.82) is 0 Å². The summed E-state index contributed by atoms with van der Waals surface area (Å²) >= 11 is 0. The molecule has 25 heavy (non-hydrogen) atoms. The first-order chi connectivity index (χ1) is 12.1. The number of hydrogen-bond donors (Lipinski definition) is 0. The first-order valence-corrected chi connectivity index (χ1v) is 10.8. The van der Waals surface area contributed by atoms with Gasteiger partial charge in [0.25, 0.3) is 0 Å². The van der Waals surface area contributed by atoms with E-state index in [0.29, 0.717) is 0 Å². The van der Waals surface area contributed by atoms with Gasteiger partial charge < -0.3 is 0 Å². The molecule has 2 aliphatic rings. The van der Waals surface area contributed by atoms with Gasteiger partial charge in [-0.05, 0) is 37.3 Å². The molecule has 0 bridgehead atoms. The number of azide groups is 1. The standard InChI is InChI=1S/C18H26N4O2S/c19-21-20-17-13-7-8-14-18(17)25(23,24)22(15-9-3-1-4-10-15)16-11-5-2-6-12-16/h7-8,13-16H,1-6,9-12H2. The minimum absolute atomic E-state index is 0.0703. The topological polar surface area (TPSA) is 86.1 Å². The summed E-state index contributed by atoms with van der Waals surface area (Å²) in [7, 11) is -3.68. The minimum Gasteiger partial charge on any atom is -0.207 e. The summed E-state index contributed by atoms with van der Waals surface area (Å²) in [6, 6.07) is 6.68. The van der Waals surface area contributed by atoms with Crippen molar-refractivity contribution in [3.63, 3.8) is 0 Å². The van der Waals surface area contributed by atoms with Gasteiger partial charge in [0.2, 0.25) is 10.0 Å². The van der Waals surface area contributed by atoms with Crippen molar-refractivity contribution >= 4 is 15.7 Å². The highest BCUT2D eigenvalue weighted by atomic mass is 32.2. The van der Waals surface area contributed by atoms with Crippen LogP contribution in [-0.2, 0) is 10.0 Å². The van der Waals surface area contributed by atoms with Gasteiger partial charge in [-0.2, -0.15) is 4.31 Å². The van der Waals surface area contributed by atoms with Crippen molar-refractivity contribution in [2.75, 3.05) is 0 Å². The van der Waals surface area contributed by atoms with Gasteiger partial charge in [-0.25, -0.2) is 8.42 Å². The average Bonchev–Trinajstić information content (AvgIpc) is 2.64. The lowest BCUT2D eigenvalue weighted by molar-refractivity contribution is 0.170. The minimum atomic E-state index is -3.68. The van der Waals surface area contributed by atoms with Crippen LogP contribution in [0.1, 0.15) is 64.2 Å². The van der Waals surface area contributed by atoms with Crippen LogP contribution in [0.15, 0.2) is 34.3 Å². The first-order valence-electron chi connectivity index (χ1n) is 9.32. The molecule has 0 N–H and O–H groups in total. The maximum atomic E-state index is 13.6. The van der Waals surface area contributed by atoms with Crippen LogP contribution < -0.4 is 0 Å². The maximum absolute atomic E-state index is 13.6. The maximum Gasteiger partial charge on any atom is 0.244 e. The molecule has 3 rings (SSSR count). The molecule has 0 radical (unpaired) electrons. The molecule has 0 aromatic heterocycles. The molecule has 2 fully saturated rings. The Bertz CT molecular complexity index is 713. The quantitative estimate of drug-likeness (QED) is 0.405. The van der Waals surface area contributed by atoms with Crippen LogP contribution >= 0.6 is 0 Å². The second kappa shape index (κ2) is 8.21. The van der Waals surface area contributed by atoms with Crippen molar-refractivity contribution in [2.45, 2.75) is 81.2 Å². The third-order valence-electron chi connectivity index (χ3n) is 5.44. The second-order valence-corrected chi connectivity index (χ2v) is 8.89. The van der Waals surface area contributed by atoms with E-state index in [9.17, 15) is 8.42 Å². The Morgan fingerprint density at radius 1 is 0.920 bits per heavy atom. The summed E-state index contributed by atoms with van der Waals surface area (Å²) < 4.78 is 28.9. The zero-order valence-corrected chi connectivity index (χ0v) is 15.4. The highest BCUT2D eigenvalue weighted by Gasteiger charge is 2.38. The number of benzene rings is 1. The Balaban J connectivity index is 2.02. The Labute approximate surface area is 149 Å². The van der Waals surface area contributed by atoms with E-state index in [1.54, 1.807) is 28.6 Å². The highest BCUT2D eigenvalue weighted by Crippen LogP contribution is 2.37. The molecule has 2 saturated carbocycles. The third-order valence-corrected chi connectivity index (χ3v) is 7.49. The predicted octanol–water partition coefficient (Wildman–Crippen LogP) is 5.28. The number of rotatable bonds is 5. The molecular formula is C18H26N4O2S. The van der Waals surface area contributed by atoms with E-state index in [0.717, 1.165) is 51.4 Å². The van der Waals surface area contributed by atoms with Crippen LogP contribution in [0.4, 0.5) is 5.69 Å². The van der Waals surface area contributed by atoms with Crippen LogP contribution in [0.5, 0.6) is 0 Å². The molecular weight excluding hydrogens is 336 g/mol. The van der Waals surface area contributed by atoms with E-state index in [1.165, 1.54) is 12.8 Å². The zero-order valence-electron chi connectivity index (χ0n) is 14.5. The molecule has 1 aromatic carbocycles. The summed E-state index contributed by atoms with van der Waals surface area (Å²) in [6.45, 7) is 0. The molecule has 0 spiro atoms. The summed E-state index contributed by atoms with van der Waals surface area (Å²) in [4.78, 5) is 2.95. The van der Waals surface area contributed by atoms with Gasteiger partial charge in [0, 0.05) is 17.0 Å². The SMILES string of the molecule is [N-]=[N+]=Nc1ccccc1S(=O)(=O)N(C1CCCCC1)C1CCCCC1. The van der Waals surface area contributed by atoms with E-state index >= 15 is 0 Å². The summed E-state index contributed by atoms with van der Waals surface area (Å²) in [5.74, 6) is 0. The smallest absolute Gasteiger partial charge is 0.207 e. The van der Waals surface area contributed by atoms with E-state index < -0.39 is 10.0 Å². The van der Waals surface area contributed by atoms with Gasteiger partial charge in [0.05, 0.1) is 10.6 Å². The van der Waals surface area contributed by atoms with Gasteiger partial charge in [0.1, 0.15) is 0 Å². The predicted molar refractivity (Wildman–Crippen MR) is 98.0 cm³/mol.